The zero-order valence-corrected chi connectivity index (χ0v) is 13.7. The molecule has 0 atom stereocenters. The molecule has 0 fully saturated rings. The van der Waals surface area contributed by atoms with Gasteiger partial charge in [-0.1, -0.05) is 31.0 Å². The van der Waals surface area contributed by atoms with Crippen LogP contribution in [0.3, 0.4) is 0 Å². The van der Waals surface area contributed by atoms with Gasteiger partial charge in [-0.25, -0.2) is 0 Å². The van der Waals surface area contributed by atoms with Crippen LogP contribution in [0.5, 0.6) is 0 Å². The molecule has 0 aliphatic heterocycles. The van der Waals surface area contributed by atoms with Crippen LogP contribution in [0.4, 0.5) is 0 Å². The van der Waals surface area contributed by atoms with Crippen molar-refractivity contribution in [2.75, 3.05) is 13.1 Å². The van der Waals surface area contributed by atoms with Gasteiger partial charge >= 0.3 is 0 Å². The maximum Gasteiger partial charge on any atom is 0.220 e. The van der Waals surface area contributed by atoms with Crippen molar-refractivity contribution in [3.63, 3.8) is 0 Å². The van der Waals surface area contributed by atoms with Gasteiger partial charge in [-0.15, -0.1) is 12.4 Å². The molecule has 3 N–H and O–H groups in total. The maximum absolute atomic E-state index is 11.7. The Labute approximate surface area is 137 Å². The largest absolute Gasteiger partial charge is 0.461 e. The SMILES string of the molecule is Cl.NCCCCCCC(=O)NCCc1cc2ccccc2o1. The molecule has 122 valence electrons. The van der Waals surface area contributed by atoms with Gasteiger partial charge in [0.05, 0.1) is 0 Å². The van der Waals surface area contributed by atoms with Crippen molar-refractivity contribution < 1.29 is 9.21 Å². The van der Waals surface area contributed by atoms with Crippen LogP contribution in [-0.4, -0.2) is 19.0 Å². The van der Waals surface area contributed by atoms with Crippen LogP contribution in [0.15, 0.2) is 34.7 Å². The fourth-order valence-electron chi connectivity index (χ4n) is 2.36. The number of unbranched alkanes of at least 4 members (excludes halogenated alkanes) is 3. The van der Waals surface area contributed by atoms with E-state index in [4.69, 9.17) is 10.2 Å². The third-order valence-electron chi connectivity index (χ3n) is 3.53. The minimum absolute atomic E-state index is 0. The molecule has 0 radical (unpaired) electrons. The number of hydrogen-bond donors (Lipinski definition) is 2. The van der Waals surface area contributed by atoms with Crippen LogP contribution >= 0.6 is 12.4 Å². The summed E-state index contributed by atoms with van der Waals surface area (Å²) in [4.78, 5) is 11.7. The van der Waals surface area contributed by atoms with E-state index in [1.807, 2.05) is 30.3 Å². The van der Waals surface area contributed by atoms with E-state index in [1.54, 1.807) is 0 Å². The van der Waals surface area contributed by atoms with Gasteiger partial charge in [0.2, 0.25) is 5.91 Å². The number of rotatable bonds is 9. The van der Waals surface area contributed by atoms with Gasteiger partial charge in [-0.3, -0.25) is 4.79 Å². The number of para-hydroxylation sites is 1. The molecule has 0 aliphatic rings. The lowest BCUT2D eigenvalue weighted by molar-refractivity contribution is -0.121. The molecule has 0 aliphatic carbocycles. The van der Waals surface area contributed by atoms with E-state index in [0.717, 1.165) is 55.4 Å². The summed E-state index contributed by atoms with van der Waals surface area (Å²) in [5.74, 6) is 1.04. The van der Waals surface area contributed by atoms with E-state index in [9.17, 15) is 4.79 Å². The molecule has 0 spiro atoms. The van der Waals surface area contributed by atoms with Crippen LogP contribution < -0.4 is 11.1 Å². The topological polar surface area (TPSA) is 68.3 Å². The monoisotopic (exact) mass is 324 g/mol. The summed E-state index contributed by atoms with van der Waals surface area (Å²) in [5.41, 5.74) is 6.33. The highest BCUT2D eigenvalue weighted by Gasteiger charge is 2.04. The Bertz CT molecular complexity index is 536. The van der Waals surface area contributed by atoms with Gasteiger partial charge in [0, 0.05) is 24.8 Å². The lowest BCUT2D eigenvalue weighted by Gasteiger charge is -2.03. The molecule has 4 nitrogen and oxygen atoms in total. The summed E-state index contributed by atoms with van der Waals surface area (Å²) in [6, 6.07) is 9.98. The molecule has 0 unspecified atom stereocenters. The molecule has 1 heterocycles. The molecule has 5 heteroatoms. The number of hydrogen-bond acceptors (Lipinski definition) is 3. The van der Waals surface area contributed by atoms with Crippen LogP contribution in [0.2, 0.25) is 0 Å². The van der Waals surface area contributed by atoms with E-state index >= 15 is 0 Å². The third-order valence-corrected chi connectivity index (χ3v) is 3.53. The molecule has 22 heavy (non-hydrogen) atoms. The van der Waals surface area contributed by atoms with Crippen molar-refractivity contribution in [2.24, 2.45) is 5.73 Å². The number of benzene rings is 1. The number of nitrogens with one attached hydrogen (secondary N) is 1. The van der Waals surface area contributed by atoms with Gasteiger partial charge in [0.25, 0.3) is 0 Å². The van der Waals surface area contributed by atoms with E-state index in [0.29, 0.717) is 13.0 Å². The number of nitrogens with two attached hydrogens (primary N) is 1. The number of carbonyl (C=O) groups is 1. The van der Waals surface area contributed by atoms with E-state index in [1.165, 1.54) is 0 Å². The number of amides is 1. The highest BCUT2D eigenvalue weighted by atomic mass is 35.5. The second kappa shape index (κ2) is 10.2. The smallest absolute Gasteiger partial charge is 0.220 e. The Morgan fingerprint density at radius 2 is 1.91 bits per heavy atom. The minimum Gasteiger partial charge on any atom is -0.461 e. The van der Waals surface area contributed by atoms with Crippen molar-refractivity contribution in [1.82, 2.24) is 5.32 Å². The second-order valence-electron chi connectivity index (χ2n) is 5.30. The van der Waals surface area contributed by atoms with Gasteiger partial charge in [0.1, 0.15) is 11.3 Å². The van der Waals surface area contributed by atoms with Gasteiger partial charge in [0.15, 0.2) is 0 Å². The molecule has 0 bridgehead atoms. The minimum atomic E-state index is 0. The first-order valence-corrected chi connectivity index (χ1v) is 7.74. The molecular weight excluding hydrogens is 300 g/mol. The highest BCUT2D eigenvalue weighted by Crippen LogP contribution is 2.18. The zero-order chi connectivity index (χ0) is 14.9. The average molecular weight is 325 g/mol. The second-order valence-corrected chi connectivity index (χ2v) is 5.30. The quantitative estimate of drug-likeness (QED) is 0.694. The number of carbonyl (C=O) groups excluding carboxylic acids is 1. The Balaban J connectivity index is 0.00000242. The van der Waals surface area contributed by atoms with Crippen LogP contribution in [0, 0.1) is 0 Å². The lowest BCUT2D eigenvalue weighted by atomic mass is 10.1. The van der Waals surface area contributed by atoms with Crippen molar-refractivity contribution in [2.45, 2.75) is 38.5 Å². The van der Waals surface area contributed by atoms with Gasteiger partial charge < -0.3 is 15.5 Å². The van der Waals surface area contributed by atoms with Crippen LogP contribution in [0.25, 0.3) is 11.0 Å². The van der Waals surface area contributed by atoms with Crippen LogP contribution in [-0.2, 0) is 11.2 Å². The first-order chi connectivity index (χ1) is 10.3. The molecule has 0 saturated carbocycles. The fourth-order valence-corrected chi connectivity index (χ4v) is 2.36. The Morgan fingerprint density at radius 1 is 1.14 bits per heavy atom. The number of furan rings is 1. The van der Waals surface area contributed by atoms with Gasteiger partial charge in [-0.05, 0) is 31.5 Å². The number of fused-ring (bicyclic) bond motifs is 1. The first-order valence-electron chi connectivity index (χ1n) is 7.74. The third kappa shape index (κ3) is 6.08. The Kier molecular flexibility index (Phi) is 8.63. The Morgan fingerprint density at radius 3 is 2.68 bits per heavy atom. The summed E-state index contributed by atoms with van der Waals surface area (Å²) in [7, 11) is 0. The normalized spacial score (nSPS) is 10.4. The molecule has 1 amide bonds. The van der Waals surface area contributed by atoms with E-state index in [-0.39, 0.29) is 18.3 Å². The zero-order valence-electron chi connectivity index (χ0n) is 12.8. The number of halogens is 1. The predicted octanol–water partition coefficient (Wildman–Crippen LogP) is 3.42. The predicted molar refractivity (Wildman–Crippen MR) is 92.3 cm³/mol. The van der Waals surface area contributed by atoms with Crippen molar-refractivity contribution >= 4 is 29.3 Å². The summed E-state index contributed by atoms with van der Waals surface area (Å²) >= 11 is 0. The van der Waals surface area contributed by atoms with E-state index in [2.05, 4.69) is 5.32 Å². The average Bonchev–Trinajstić information content (AvgIpc) is 2.89. The summed E-state index contributed by atoms with van der Waals surface area (Å²) < 4.78 is 5.71. The van der Waals surface area contributed by atoms with Crippen molar-refractivity contribution in [3.8, 4) is 0 Å². The molecule has 0 saturated heterocycles. The highest BCUT2D eigenvalue weighted by molar-refractivity contribution is 5.85. The Hall–Kier alpha value is -1.52. The summed E-state index contributed by atoms with van der Waals surface area (Å²) in [6.45, 7) is 1.37. The molecular formula is C17H25ClN2O2. The van der Waals surface area contributed by atoms with E-state index < -0.39 is 0 Å². The lowest BCUT2D eigenvalue weighted by Crippen LogP contribution is -2.25. The molecule has 1 aromatic heterocycles. The summed E-state index contributed by atoms with van der Waals surface area (Å²) in [5, 5.41) is 4.05. The van der Waals surface area contributed by atoms with Crippen LogP contribution in [0.1, 0.15) is 37.9 Å². The molecule has 2 rings (SSSR count). The molecule has 2 aromatic rings. The summed E-state index contributed by atoms with van der Waals surface area (Å²) in [6.07, 6.45) is 5.51. The standard InChI is InChI=1S/C17H24N2O2.ClH/c18-11-6-2-1-3-9-17(20)19-12-10-15-13-14-7-4-5-8-16(14)21-15;/h4-5,7-8,13H,1-3,6,9-12,18H2,(H,19,20);1H. The fraction of sp³-hybridized carbons (Fsp3) is 0.471. The molecule has 1 aromatic carbocycles. The first kappa shape index (κ1) is 18.5. The van der Waals surface area contributed by atoms with Gasteiger partial charge in [-0.2, -0.15) is 0 Å². The maximum atomic E-state index is 11.7. The van der Waals surface area contributed by atoms with Crippen molar-refractivity contribution in [1.29, 1.82) is 0 Å². The van der Waals surface area contributed by atoms with Crippen molar-refractivity contribution in [3.05, 3.63) is 36.1 Å².